The number of fused-ring (bicyclic) bond motifs is 1. The van der Waals surface area contributed by atoms with Crippen molar-refractivity contribution in [1.29, 1.82) is 0 Å². The normalized spacial score (nSPS) is 12.6. The van der Waals surface area contributed by atoms with Gasteiger partial charge in [-0.15, -0.1) is 0 Å². The van der Waals surface area contributed by atoms with Crippen molar-refractivity contribution in [2.24, 2.45) is 0 Å². The van der Waals surface area contributed by atoms with Gasteiger partial charge in [0.25, 0.3) is 5.19 Å². The third kappa shape index (κ3) is 6.37. The van der Waals surface area contributed by atoms with Crippen molar-refractivity contribution in [3.05, 3.63) is 47.5 Å². The van der Waals surface area contributed by atoms with Crippen LogP contribution in [0.15, 0.2) is 42.5 Å². The number of hydrogen-bond donors (Lipinski definition) is 1. The van der Waals surface area contributed by atoms with Crippen molar-refractivity contribution < 1.29 is 19.0 Å². The van der Waals surface area contributed by atoms with E-state index in [1.54, 1.807) is 30.3 Å². The van der Waals surface area contributed by atoms with Crippen LogP contribution in [0.1, 0.15) is 0 Å². The second kappa shape index (κ2) is 9.38. The van der Waals surface area contributed by atoms with Gasteiger partial charge in [-0.25, -0.2) is 9.78 Å². The van der Waals surface area contributed by atoms with Crippen LogP contribution in [-0.4, -0.2) is 37.1 Å². The molecule has 0 spiro atoms. The van der Waals surface area contributed by atoms with Gasteiger partial charge in [-0.1, -0.05) is 42.6 Å². The molecule has 0 radical (unpaired) electrons. The summed E-state index contributed by atoms with van der Waals surface area (Å²) in [6.07, 6.45) is -0.296. The van der Waals surface area contributed by atoms with Gasteiger partial charge in [0.15, 0.2) is 0 Å². The highest BCUT2D eigenvalue weighted by Crippen LogP contribution is 2.33. The quantitative estimate of drug-likeness (QED) is 0.256. The predicted molar refractivity (Wildman–Crippen MR) is 124 cm³/mol. The number of thiol groups is 1. The minimum absolute atomic E-state index is 0.233. The molecule has 1 aromatic heterocycles. The standard InChI is InChI=1S/C20H22ClNO4S2Si/c1-29(2,3)12-24-19(23)17(11-27)25-14-5-7-15(8-6-14)26-20-22-16-9-4-13(21)10-18(16)28-20/h4-10,17,27H,11-12H2,1-3H3. The van der Waals surface area contributed by atoms with Gasteiger partial charge in [0.1, 0.15) is 11.5 Å². The lowest BCUT2D eigenvalue weighted by Gasteiger charge is -2.20. The Hall–Kier alpha value is -1.74. The lowest BCUT2D eigenvalue weighted by molar-refractivity contribution is -0.148. The first kappa shape index (κ1) is 22.0. The molecule has 0 aliphatic heterocycles. The van der Waals surface area contributed by atoms with E-state index in [-0.39, 0.29) is 5.75 Å². The van der Waals surface area contributed by atoms with E-state index >= 15 is 0 Å². The molecular weight excluding hydrogens is 446 g/mol. The van der Waals surface area contributed by atoms with E-state index in [9.17, 15) is 4.79 Å². The first-order chi connectivity index (χ1) is 13.7. The van der Waals surface area contributed by atoms with E-state index in [1.165, 1.54) is 11.3 Å². The molecule has 1 atom stereocenters. The smallest absolute Gasteiger partial charge is 0.347 e. The van der Waals surface area contributed by atoms with Crippen molar-refractivity contribution in [3.63, 3.8) is 0 Å². The van der Waals surface area contributed by atoms with Gasteiger partial charge in [0.2, 0.25) is 6.10 Å². The van der Waals surface area contributed by atoms with Crippen molar-refractivity contribution in [2.45, 2.75) is 25.7 Å². The zero-order chi connectivity index (χ0) is 21.0. The molecule has 9 heteroatoms. The fraction of sp³-hybridized carbons (Fsp3) is 0.300. The first-order valence-corrected chi connectivity index (χ1v) is 14.5. The van der Waals surface area contributed by atoms with E-state index in [4.69, 9.17) is 25.8 Å². The molecule has 1 unspecified atom stereocenters. The Labute approximate surface area is 185 Å². The summed E-state index contributed by atoms with van der Waals surface area (Å²) in [6.45, 7) is 6.40. The molecule has 29 heavy (non-hydrogen) atoms. The fourth-order valence-electron chi connectivity index (χ4n) is 2.31. The van der Waals surface area contributed by atoms with E-state index in [1.807, 2.05) is 12.1 Å². The number of hydrogen-bond acceptors (Lipinski definition) is 7. The third-order valence-electron chi connectivity index (χ3n) is 3.71. The summed E-state index contributed by atoms with van der Waals surface area (Å²) in [5, 5.41) is 1.19. The molecule has 0 bridgehead atoms. The predicted octanol–water partition coefficient (Wildman–Crippen LogP) is 5.84. The molecule has 1 heterocycles. The summed E-state index contributed by atoms with van der Waals surface area (Å²) >= 11 is 11.6. The minimum atomic E-state index is -1.48. The second-order valence-electron chi connectivity index (χ2n) is 7.62. The Morgan fingerprint density at radius 3 is 2.52 bits per heavy atom. The number of benzene rings is 2. The van der Waals surface area contributed by atoms with Crippen molar-refractivity contribution in [1.82, 2.24) is 4.98 Å². The molecule has 3 aromatic rings. The van der Waals surface area contributed by atoms with Crippen LogP contribution in [0.25, 0.3) is 10.2 Å². The number of nitrogens with zero attached hydrogens (tertiary/aromatic N) is 1. The van der Waals surface area contributed by atoms with Crippen molar-refractivity contribution in [3.8, 4) is 16.7 Å². The summed E-state index contributed by atoms with van der Waals surface area (Å²) in [6, 6.07) is 12.5. The molecule has 0 saturated carbocycles. The molecule has 0 saturated heterocycles. The van der Waals surface area contributed by atoms with Gasteiger partial charge in [-0.3, -0.25) is 0 Å². The highest BCUT2D eigenvalue weighted by atomic mass is 35.5. The summed E-state index contributed by atoms with van der Waals surface area (Å²) in [5.41, 5.74) is 0.836. The SMILES string of the molecule is C[Si](C)(C)COC(=O)C(CS)Oc1ccc(Oc2nc3ccc(Cl)cc3s2)cc1. The number of esters is 1. The van der Waals surface area contributed by atoms with Gasteiger partial charge in [0, 0.05) is 10.8 Å². The van der Waals surface area contributed by atoms with Crippen LogP contribution < -0.4 is 9.47 Å². The maximum atomic E-state index is 12.2. The molecule has 154 valence electrons. The number of ether oxygens (including phenoxy) is 3. The maximum absolute atomic E-state index is 12.2. The molecule has 0 fully saturated rings. The average molecular weight is 468 g/mol. The Morgan fingerprint density at radius 2 is 1.86 bits per heavy atom. The topological polar surface area (TPSA) is 57.7 Å². The number of thiazole rings is 1. The molecule has 0 amide bonds. The van der Waals surface area contributed by atoms with Crippen LogP contribution in [0.3, 0.4) is 0 Å². The zero-order valence-electron chi connectivity index (χ0n) is 16.3. The van der Waals surface area contributed by atoms with Crippen molar-refractivity contribution >= 4 is 59.8 Å². The molecule has 0 N–H and O–H groups in total. The molecule has 3 rings (SSSR count). The van der Waals surface area contributed by atoms with E-state index in [2.05, 4.69) is 37.3 Å². The number of aromatic nitrogens is 1. The van der Waals surface area contributed by atoms with Gasteiger partial charge in [0.05, 0.1) is 24.5 Å². The summed E-state index contributed by atoms with van der Waals surface area (Å²) in [5.74, 6) is 0.997. The minimum Gasteiger partial charge on any atom is -0.478 e. The largest absolute Gasteiger partial charge is 0.478 e. The van der Waals surface area contributed by atoms with Crippen LogP contribution in [0.5, 0.6) is 16.7 Å². The van der Waals surface area contributed by atoms with Crippen LogP contribution in [-0.2, 0) is 9.53 Å². The van der Waals surface area contributed by atoms with Crippen LogP contribution in [0.4, 0.5) is 0 Å². The van der Waals surface area contributed by atoms with E-state index in [0.717, 1.165) is 10.2 Å². The molecule has 0 aliphatic rings. The number of rotatable bonds is 8. The van der Waals surface area contributed by atoms with Crippen LogP contribution in [0.2, 0.25) is 24.7 Å². The Balaban J connectivity index is 1.61. The second-order valence-corrected chi connectivity index (χ2v) is 14.8. The fourth-order valence-corrected chi connectivity index (χ4v) is 4.22. The Morgan fingerprint density at radius 1 is 1.17 bits per heavy atom. The summed E-state index contributed by atoms with van der Waals surface area (Å²) < 4.78 is 17.9. The molecule has 5 nitrogen and oxygen atoms in total. The number of halogens is 1. The van der Waals surface area contributed by atoms with E-state index in [0.29, 0.717) is 27.9 Å². The molecular formula is C20H22ClNO4S2Si. The lowest BCUT2D eigenvalue weighted by atomic mass is 10.3. The van der Waals surface area contributed by atoms with E-state index < -0.39 is 20.1 Å². The highest BCUT2D eigenvalue weighted by molar-refractivity contribution is 7.80. The monoisotopic (exact) mass is 467 g/mol. The number of carbonyl (C=O) groups excluding carboxylic acids is 1. The van der Waals surface area contributed by atoms with Crippen molar-refractivity contribution in [2.75, 3.05) is 12.0 Å². The average Bonchev–Trinajstić information content (AvgIpc) is 3.06. The summed E-state index contributed by atoms with van der Waals surface area (Å²) in [4.78, 5) is 16.7. The first-order valence-electron chi connectivity index (χ1n) is 9.02. The van der Waals surface area contributed by atoms with Crippen LogP contribution in [0, 0.1) is 0 Å². The Kier molecular flexibility index (Phi) is 7.10. The van der Waals surface area contributed by atoms with Crippen LogP contribution >= 0.6 is 35.6 Å². The third-order valence-corrected chi connectivity index (χ3v) is 6.19. The van der Waals surface area contributed by atoms with Gasteiger partial charge in [-0.05, 0) is 42.5 Å². The zero-order valence-corrected chi connectivity index (χ0v) is 19.8. The van der Waals surface area contributed by atoms with Gasteiger partial charge < -0.3 is 14.2 Å². The maximum Gasteiger partial charge on any atom is 0.347 e. The number of carbonyl (C=O) groups is 1. The van der Waals surface area contributed by atoms with Gasteiger partial charge in [-0.2, -0.15) is 12.6 Å². The molecule has 2 aromatic carbocycles. The Bertz CT molecular complexity index is 988. The summed E-state index contributed by atoms with van der Waals surface area (Å²) in [7, 11) is -1.48. The molecule has 0 aliphatic carbocycles. The highest BCUT2D eigenvalue weighted by Gasteiger charge is 2.24. The van der Waals surface area contributed by atoms with Gasteiger partial charge >= 0.3 is 5.97 Å². The lowest BCUT2D eigenvalue weighted by Crippen LogP contribution is -2.36.